The van der Waals surface area contributed by atoms with Crippen LogP contribution in [0, 0.1) is 12.3 Å². The highest BCUT2D eigenvalue weighted by Crippen LogP contribution is 2.70. The number of hydrogen-bond acceptors (Lipinski definition) is 2. The molecular formula is C19H23N3. The predicted molar refractivity (Wildman–Crippen MR) is 90.1 cm³/mol. The van der Waals surface area contributed by atoms with E-state index < -0.39 is 0 Å². The van der Waals surface area contributed by atoms with E-state index in [4.69, 9.17) is 0 Å². The number of rotatable bonds is 5. The molecule has 2 saturated carbocycles. The fourth-order valence-electron chi connectivity index (χ4n) is 4.23. The quantitative estimate of drug-likeness (QED) is 0.812. The lowest BCUT2D eigenvalue weighted by molar-refractivity contribution is 0.153. The molecule has 4 rings (SSSR count). The normalized spacial score (nSPS) is 20.4. The zero-order chi connectivity index (χ0) is 15.2. The lowest BCUT2D eigenvalue weighted by Gasteiger charge is -2.49. The van der Waals surface area contributed by atoms with Crippen LogP contribution in [0.4, 0.5) is 5.69 Å². The number of aromatic amines is 1. The first-order valence-electron chi connectivity index (χ1n) is 8.13. The first-order valence-corrected chi connectivity index (χ1v) is 8.13. The zero-order valence-electron chi connectivity index (χ0n) is 13.2. The molecule has 0 amide bonds. The van der Waals surface area contributed by atoms with Crippen LogP contribution in [-0.2, 0) is 5.41 Å². The van der Waals surface area contributed by atoms with Gasteiger partial charge in [-0.1, -0.05) is 18.2 Å². The highest BCUT2D eigenvalue weighted by molar-refractivity contribution is 5.53. The Labute approximate surface area is 131 Å². The Morgan fingerprint density at radius 1 is 1.36 bits per heavy atom. The number of aromatic nitrogens is 2. The standard InChI is InChI=1S/C19H23N3/c1-3-9-20-16-6-4-5-15(10-16)19(12-18(13-19)7-8-18)17-14(2)11-21-22-17/h3-6,10-11,20H,1,7-9,12-13H2,2H3,(H,21,22). The molecule has 1 aromatic carbocycles. The molecule has 3 heteroatoms. The summed E-state index contributed by atoms with van der Waals surface area (Å²) in [7, 11) is 0. The van der Waals surface area contributed by atoms with Crippen molar-refractivity contribution in [3.63, 3.8) is 0 Å². The molecule has 0 bridgehead atoms. The van der Waals surface area contributed by atoms with Gasteiger partial charge in [0, 0.05) is 23.3 Å². The Kier molecular flexibility index (Phi) is 2.93. The molecule has 2 aromatic rings. The minimum Gasteiger partial charge on any atom is -0.382 e. The first-order chi connectivity index (χ1) is 10.7. The summed E-state index contributed by atoms with van der Waals surface area (Å²) in [4.78, 5) is 0. The minimum absolute atomic E-state index is 0.128. The van der Waals surface area contributed by atoms with Gasteiger partial charge in [-0.05, 0) is 61.3 Å². The van der Waals surface area contributed by atoms with Gasteiger partial charge < -0.3 is 5.32 Å². The lowest BCUT2D eigenvalue weighted by atomic mass is 9.54. The number of hydrogen-bond donors (Lipinski definition) is 2. The summed E-state index contributed by atoms with van der Waals surface area (Å²) in [6, 6.07) is 8.87. The van der Waals surface area contributed by atoms with Gasteiger partial charge in [-0.2, -0.15) is 5.10 Å². The van der Waals surface area contributed by atoms with Crippen LogP contribution in [0.25, 0.3) is 0 Å². The van der Waals surface area contributed by atoms with Crippen molar-refractivity contribution >= 4 is 5.69 Å². The van der Waals surface area contributed by atoms with Crippen LogP contribution in [-0.4, -0.2) is 16.7 Å². The van der Waals surface area contributed by atoms with E-state index in [1.165, 1.54) is 48.2 Å². The Hall–Kier alpha value is -2.03. The summed E-state index contributed by atoms with van der Waals surface area (Å²) in [6.07, 6.45) is 9.16. The Morgan fingerprint density at radius 3 is 2.82 bits per heavy atom. The van der Waals surface area contributed by atoms with Crippen molar-refractivity contribution < 1.29 is 0 Å². The van der Waals surface area contributed by atoms with Gasteiger partial charge in [0.15, 0.2) is 0 Å². The van der Waals surface area contributed by atoms with E-state index in [0.717, 1.165) is 6.54 Å². The van der Waals surface area contributed by atoms with Gasteiger partial charge in [-0.15, -0.1) is 6.58 Å². The Morgan fingerprint density at radius 2 is 2.18 bits per heavy atom. The van der Waals surface area contributed by atoms with E-state index in [2.05, 4.69) is 53.3 Å². The molecule has 1 aromatic heterocycles. The lowest BCUT2D eigenvalue weighted by Crippen LogP contribution is -2.44. The Bertz CT molecular complexity index is 701. The van der Waals surface area contributed by atoms with Crippen molar-refractivity contribution in [1.82, 2.24) is 10.2 Å². The monoisotopic (exact) mass is 293 g/mol. The second-order valence-corrected chi connectivity index (χ2v) is 7.11. The van der Waals surface area contributed by atoms with Crippen molar-refractivity contribution in [2.24, 2.45) is 5.41 Å². The van der Waals surface area contributed by atoms with Crippen LogP contribution in [0.1, 0.15) is 42.5 Å². The maximum Gasteiger partial charge on any atom is 0.0519 e. The summed E-state index contributed by atoms with van der Waals surface area (Å²) >= 11 is 0. The third-order valence-corrected chi connectivity index (χ3v) is 5.48. The molecule has 3 nitrogen and oxygen atoms in total. The summed E-state index contributed by atoms with van der Waals surface area (Å²) in [5.41, 5.74) is 5.92. The molecule has 0 aliphatic heterocycles. The predicted octanol–water partition coefficient (Wildman–Crippen LogP) is 4.18. The molecule has 1 spiro atoms. The van der Waals surface area contributed by atoms with Crippen LogP contribution in [0.15, 0.2) is 43.1 Å². The average Bonchev–Trinajstić information content (AvgIpc) is 3.18. The van der Waals surface area contributed by atoms with Gasteiger partial charge in [0.05, 0.1) is 6.20 Å². The smallest absolute Gasteiger partial charge is 0.0519 e. The van der Waals surface area contributed by atoms with E-state index in [9.17, 15) is 0 Å². The molecule has 2 aliphatic rings. The van der Waals surface area contributed by atoms with Crippen LogP contribution in [0.3, 0.4) is 0 Å². The third-order valence-electron chi connectivity index (χ3n) is 5.48. The van der Waals surface area contributed by atoms with Crippen LogP contribution >= 0.6 is 0 Å². The average molecular weight is 293 g/mol. The van der Waals surface area contributed by atoms with E-state index >= 15 is 0 Å². The van der Waals surface area contributed by atoms with Crippen LogP contribution < -0.4 is 5.32 Å². The molecule has 2 fully saturated rings. The van der Waals surface area contributed by atoms with Gasteiger partial charge in [-0.3, -0.25) is 5.10 Å². The molecule has 0 unspecified atom stereocenters. The molecule has 2 aliphatic carbocycles. The minimum atomic E-state index is 0.128. The van der Waals surface area contributed by atoms with Gasteiger partial charge in [0.2, 0.25) is 0 Å². The Balaban J connectivity index is 1.73. The van der Waals surface area contributed by atoms with Crippen LogP contribution in [0.2, 0.25) is 0 Å². The highest BCUT2D eigenvalue weighted by Gasteiger charge is 2.62. The SMILES string of the molecule is C=CCNc1cccc(C2(c3[nH]ncc3C)CC3(CC3)C2)c1. The number of nitrogens with one attached hydrogen (secondary N) is 2. The topological polar surface area (TPSA) is 40.7 Å². The number of anilines is 1. The van der Waals surface area contributed by atoms with Gasteiger partial charge in [0.1, 0.15) is 0 Å². The summed E-state index contributed by atoms with van der Waals surface area (Å²) < 4.78 is 0. The summed E-state index contributed by atoms with van der Waals surface area (Å²) in [5, 5.41) is 11.0. The zero-order valence-corrected chi connectivity index (χ0v) is 13.2. The highest BCUT2D eigenvalue weighted by atomic mass is 15.1. The molecular weight excluding hydrogens is 270 g/mol. The van der Waals surface area contributed by atoms with Crippen LogP contribution in [0.5, 0.6) is 0 Å². The number of aryl methyl sites for hydroxylation is 1. The fraction of sp³-hybridized carbons (Fsp3) is 0.421. The molecule has 0 radical (unpaired) electrons. The summed E-state index contributed by atoms with van der Waals surface area (Å²) in [5.74, 6) is 0. The van der Waals surface area contributed by atoms with Crippen molar-refractivity contribution in [3.05, 3.63) is 59.9 Å². The third kappa shape index (κ3) is 1.99. The van der Waals surface area contributed by atoms with Gasteiger partial charge in [-0.25, -0.2) is 0 Å². The maximum absolute atomic E-state index is 4.28. The molecule has 0 atom stereocenters. The number of H-pyrrole nitrogens is 1. The van der Waals surface area contributed by atoms with Crippen molar-refractivity contribution in [2.45, 2.75) is 38.0 Å². The molecule has 114 valence electrons. The summed E-state index contributed by atoms with van der Waals surface area (Å²) in [6.45, 7) is 6.74. The van der Waals surface area contributed by atoms with Crippen molar-refractivity contribution in [3.8, 4) is 0 Å². The molecule has 1 heterocycles. The second-order valence-electron chi connectivity index (χ2n) is 7.11. The van der Waals surface area contributed by atoms with Crippen molar-refractivity contribution in [2.75, 3.05) is 11.9 Å². The molecule has 22 heavy (non-hydrogen) atoms. The fourth-order valence-corrected chi connectivity index (χ4v) is 4.23. The first kappa shape index (κ1) is 13.6. The molecule has 2 N–H and O–H groups in total. The molecule has 0 saturated heterocycles. The number of nitrogens with zero attached hydrogens (tertiary/aromatic N) is 1. The number of benzene rings is 1. The van der Waals surface area contributed by atoms with Gasteiger partial charge >= 0.3 is 0 Å². The van der Waals surface area contributed by atoms with E-state index in [1.807, 2.05) is 12.3 Å². The van der Waals surface area contributed by atoms with E-state index in [-0.39, 0.29) is 5.41 Å². The second kappa shape index (κ2) is 4.73. The van der Waals surface area contributed by atoms with E-state index in [0.29, 0.717) is 5.41 Å². The van der Waals surface area contributed by atoms with Crippen molar-refractivity contribution in [1.29, 1.82) is 0 Å². The van der Waals surface area contributed by atoms with E-state index in [1.54, 1.807) is 0 Å². The van der Waals surface area contributed by atoms with Gasteiger partial charge in [0.25, 0.3) is 0 Å². The maximum atomic E-state index is 4.28. The largest absolute Gasteiger partial charge is 0.382 e.